The minimum atomic E-state index is -1.60. The zero-order valence-electron chi connectivity index (χ0n) is 6.24. The molecule has 0 bridgehead atoms. The van der Waals surface area contributed by atoms with E-state index in [1.54, 1.807) is 0 Å². The Bertz CT molecular complexity index is 135. The van der Waals surface area contributed by atoms with Gasteiger partial charge in [0.15, 0.2) is 6.29 Å². The maximum atomic E-state index is 9.07. The van der Waals surface area contributed by atoms with Gasteiger partial charge in [0.05, 0.1) is 6.61 Å². The van der Waals surface area contributed by atoms with Crippen LogP contribution >= 0.6 is 0 Å². The fraction of sp³-hybridized carbons (Fsp3) is 1.00. The molecule has 1 rings (SSSR count). The molecule has 0 amide bonds. The normalized spacial score (nSPS) is 50.2. The summed E-state index contributed by atoms with van der Waals surface area (Å²) >= 11 is 0. The minimum absolute atomic E-state index is 0.323. The first kappa shape index (κ1) is 9.85. The monoisotopic (exact) mass is 180 g/mol. The molecule has 1 heterocycles. The van der Waals surface area contributed by atoms with Gasteiger partial charge in [-0.3, -0.25) is 0 Å². The van der Waals surface area contributed by atoms with E-state index in [4.69, 9.17) is 25.5 Å². The SMILES string of the molecule is O[C@@H]1[C@H](O)[C@@H](O)CO[C@H](O)[C@H]1O. The molecule has 0 spiro atoms. The van der Waals surface area contributed by atoms with Gasteiger partial charge < -0.3 is 30.3 Å². The Morgan fingerprint density at radius 1 is 0.833 bits per heavy atom. The van der Waals surface area contributed by atoms with E-state index in [1.165, 1.54) is 0 Å². The average Bonchev–Trinajstić information content (AvgIpc) is 2.14. The molecule has 6 nitrogen and oxygen atoms in total. The molecule has 0 radical (unpaired) electrons. The lowest BCUT2D eigenvalue weighted by Gasteiger charge is -2.22. The van der Waals surface area contributed by atoms with Crippen molar-refractivity contribution < 1.29 is 30.3 Å². The van der Waals surface area contributed by atoms with Crippen molar-refractivity contribution in [1.29, 1.82) is 0 Å². The molecule has 1 fully saturated rings. The van der Waals surface area contributed by atoms with E-state index in [0.29, 0.717) is 0 Å². The highest BCUT2D eigenvalue weighted by Gasteiger charge is 2.38. The molecule has 1 saturated heterocycles. The summed E-state index contributed by atoms with van der Waals surface area (Å²) in [6, 6.07) is 0. The number of aliphatic hydroxyl groups is 5. The number of hydrogen-bond acceptors (Lipinski definition) is 6. The van der Waals surface area contributed by atoms with Crippen molar-refractivity contribution in [3.05, 3.63) is 0 Å². The van der Waals surface area contributed by atoms with Crippen LogP contribution in [0.1, 0.15) is 0 Å². The van der Waals surface area contributed by atoms with Crippen LogP contribution in [0, 0.1) is 0 Å². The topological polar surface area (TPSA) is 110 Å². The van der Waals surface area contributed by atoms with Crippen molar-refractivity contribution >= 4 is 0 Å². The first-order valence-corrected chi connectivity index (χ1v) is 3.56. The predicted molar refractivity (Wildman–Crippen MR) is 36.0 cm³/mol. The molecule has 72 valence electrons. The molecule has 0 aromatic carbocycles. The molecule has 0 aromatic rings. The zero-order valence-corrected chi connectivity index (χ0v) is 6.24. The second-order valence-electron chi connectivity index (χ2n) is 2.76. The maximum absolute atomic E-state index is 9.07. The number of aliphatic hydroxyl groups excluding tert-OH is 5. The van der Waals surface area contributed by atoms with Crippen LogP contribution in [0.2, 0.25) is 0 Å². The molecule has 0 aromatic heterocycles. The van der Waals surface area contributed by atoms with Gasteiger partial charge in [-0.15, -0.1) is 0 Å². The first-order chi connectivity index (χ1) is 5.54. The predicted octanol–water partition coefficient (Wildman–Crippen LogP) is -3.22. The Kier molecular flexibility index (Phi) is 2.99. The average molecular weight is 180 g/mol. The van der Waals surface area contributed by atoms with Gasteiger partial charge in [0, 0.05) is 0 Å². The van der Waals surface area contributed by atoms with E-state index in [-0.39, 0.29) is 6.61 Å². The van der Waals surface area contributed by atoms with E-state index in [1.807, 2.05) is 0 Å². The molecule has 6 heteroatoms. The van der Waals surface area contributed by atoms with E-state index >= 15 is 0 Å². The fourth-order valence-electron chi connectivity index (χ4n) is 0.993. The quantitative estimate of drug-likeness (QED) is 0.268. The summed E-state index contributed by atoms with van der Waals surface area (Å²) in [6.45, 7) is -0.323. The second-order valence-corrected chi connectivity index (χ2v) is 2.76. The lowest BCUT2D eigenvalue weighted by molar-refractivity contribution is -0.181. The van der Waals surface area contributed by atoms with Crippen LogP contribution in [0.3, 0.4) is 0 Å². The molecule has 12 heavy (non-hydrogen) atoms. The molecule has 0 saturated carbocycles. The van der Waals surface area contributed by atoms with Gasteiger partial charge in [0.1, 0.15) is 24.4 Å². The molecular weight excluding hydrogens is 168 g/mol. The van der Waals surface area contributed by atoms with E-state index < -0.39 is 30.7 Å². The van der Waals surface area contributed by atoms with Crippen LogP contribution < -0.4 is 0 Å². The Balaban J connectivity index is 2.68. The maximum Gasteiger partial charge on any atom is 0.183 e. The van der Waals surface area contributed by atoms with Crippen LogP contribution in [-0.4, -0.2) is 62.8 Å². The number of hydrogen-bond donors (Lipinski definition) is 5. The molecule has 0 unspecified atom stereocenters. The van der Waals surface area contributed by atoms with Crippen LogP contribution in [0.4, 0.5) is 0 Å². The third kappa shape index (κ3) is 1.74. The van der Waals surface area contributed by atoms with E-state index in [2.05, 4.69) is 4.74 Å². The van der Waals surface area contributed by atoms with Crippen LogP contribution in [0.25, 0.3) is 0 Å². The molecule has 5 atom stereocenters. The van der Waals surface area contributed by atoms with Crippen molar-refractivity contribution in [2.24, 2.45) is 0 Å². The number of rotatable bonds is 0. The fourth-order valence-corrected chi connectivity index (χ4v) is 0.993. The summed E-state index contributed by atoms with van der Waals surface area (Å²) in [5.74, 6) is 0. The van der Waals surface area contributed by atoms with Crippen molar-refractivity contribution in [1.82, 2.24) is 0 Å². The standard InChI is InChI=1S/C6H12O6/c7-2-1-12-6(11)5(10)4(9)3(2)8/h2-11H,1H2/t2-,3+,4+,5-,6-/m0/s1. The van der Waals surface area contributed by atoms with Gasteiger partial charge in [0.25, 0.3) is 0 Å². The summed E-state index contributed by atoms with van der Waals surface area (Å²) in [7, 11) is 0. The molecule has 1 aliphatic heterocycles. The van der Waals surface area contributed by atoms with Gasteiger partial charge in [-0.1, -0.05) is 0 Å². The lowest BCUT2D eigenvalue weighted by atomic mass is 10.0. The van der Waals surface area contributed by atoms with Crippen molar-refractivity contribution in [3.8, 4) is 0 Å². The second kappa shape index (κ2) is 3.65. The van der Waals surface area contributed by atoms with Gasteiger partial charge in [-0.2, -0.15) is 0 Å². The summed E-state index contributed by atoms with van der Waals surface area (Å²) in [5.41, 5.74) is 0. The highest BCUT2D eigenvalue weighted by atomic mass is 16.6. The van der Waals surface area contributed by atoms with Crippen molar-refractivity contribution in [2.45, 2.75) is 30.7 Å². The Morgan fingerprint density at radius 3 is 2.00 bits per heavy atom. The van der Waals surface area contributed by atoms with Crippen LogP contribution in [0.15, 0.2) is 0 Å². The van der Waals surface area contributed by atoms with Crippen LogP contribution in [-0.2, 0) is 4.74 Å². The zero-order chi connectivity index (χ0) is 9.30. The highest BCUT2D eigenvalue weighted by molar-refractivity contribution is 4.85. The van der Waals surface area contributed by atoms with Gasteiger partial charge in [0.2, 0.25) is 0 Å². The number of ether oxygens (including phenoxy) is 1. The molecular formula is C6H12O6. The largest absolute Gasteiger partial charge is 0.388 e. The Morgan fingerprint density at radius 2 is 1.42 bits per heavy atom. The Labute approximate surface area is 68.6 Å². The van der Waals surface area contributed by atoms with Gasteiger partial charge in [-0.05, 0) is 0 Å². The summed E-state index contributed by atoms with van der Waals surface area (Å²) < 4.78 is 4.50. The van der Waals surface area contributed by atoms with Crippen molar-refractivity contribution in [2.75, 3.05) is 6.61 Å². The summed E-state index contributed by atoms with van der Waals surface area (Å²) in [6.07, 6.45) is -7.58. The third-order valence-corrected chi connectivity index (χ3v) is 1.82. The summed E-state index contributed by atoms with van der Waals surface area (Å²) in [5, 5.41) is 45.1. The van der Waals surface area contributed by atoms with Gasteiger partial charge in [-0.25, -0.2) is 0 Å². The summed E-state index contributed by atoms with van der Waals surface area (Å²) in [4.78, 5) is 0. The van der Waals surface area contributed by atoms with Crippen molar-refractivity contribution in [3.63, 3.8) is 0 Å². The van der Waals surface area contributed by atoms with E-state index in [0.717, 1.165) is 0 Å². The molecule has 1 aliphatic rings. The molecule has 0 aliphatic carbocycles. The van der Waals surface area contributed by atoms with Gasteiger partial charge >= 0.3 is 0 Å². The van der Waals surface area contributed by atoms with Crippen LogP contribution in [0.5, 0.6) is 0 Å². The minimum Gasteiger partial charge on any atom is -0.388 e. The van der Waals surface area contributed by atoms with E-state index in [9.17, 15) is 0 Å². The lowest BCUT2D eigenvalue weighted by Crippen LogP contribution is -2.46. The molecule has 5 N–H and O–H groups in total. The smallest absolute Gasteiger partial charge is 0.183 e. The Hall–Kier alpha value is -0.240. The highest BCUT2D eigenvalue weighted by Crippen LogP contribution is 2.14. The third-order valence-electron chi connectivity index (χ3n) is 1.82. The first-order valence-electron chi connectivity index (χ1n) is 3.56.